The number of hydrogen-bond donors (Lipinski definition) is 2. The summed E-state index contributed by atoms with van der Waals surface area (Å²) in [6, 6.07) is 5.35. The molecule has 0 aliphatic carbocycles. The molecule has 0 spiro atoms. The van der Waals surface area contributed by atoms with Gasteiger partial charge in [0.2, 0.25) is 5.91 Å². The summed E-state index contributed by atoms with van der Waals surface area (Å²) in [5, 5.41) is 6.11. The van der Waals surface area contributed by atoms with E-state index in [0.717, 1.165) is 31.7 Å². The molecule has 1 unspecified atom stereocenters. The fourth-order valence-electron chi connectivity index (χ4n) is 2.65. The highest BCUT2D eigenvalue weighted by atomic mass is 19.1. The van der Waals surface area contributed by atoms with Crippen LogP contribution in [-0.2, 0) is 11.3 Å². The average Bonchev–Trinajstić information content (AvgIpc) is 2.84. The van der Waals surface area contributed by atoms with E-state index in [1.54, 1.807) is 6.07 Å². The minimum absolute atomic E-state index is 0.0102. The second-order valence-corrected chi connectivity index (χ2v) is 5.15. The SMILES string of the molecule is CCNCc1c(F)cccc1N1CCC(NC(C)=O)C1. The Bertz CT molecular complexity index is 478. The highest BCUT2D eigenvalue weighted by molar-refractivity contribution is 5.73. The predicted octanol–water partition coefficient (Wildman–Crippen LogP) is 1.65. The smallest absolute Gasteiger partial charge is 0.217 e. The molecule has 110 valence electrons. The van der Waals surface area contributed by atoms with Crippen LogP contribution < -0.4 is 15.5 Å². The van der Waals surface area contributed by atoms with E-state index in [0.29, 0.717) is 12.1 Å². The Labute approximate surface area is 119 Å². The molecule has 20 heavy (non-hydrogen) atoms. The molecule has 0 saturated carbocycles. The molecular formula is C15H22FN3O. The zero-order chi connectivity index (χ0) is 14.5. The van der Waals surface area contributed by atoms with Crippen molar-refractivity contribution in [3.8, 4) is 0 Å². The quantitative estimate of drug-likeness (QED) is 0.861. The summed E-state index contributed by atoms with van der Waals surface area (Å²) < 4.78 is 14.0. The topological polar surface area (TPSA) is 44.4 Å². The van der Waals surface area contributed by atoms with Gasteiger partial charge in [0, 0.05) is 43.9 Å². The van der Waals surface area contributed by atoms with Gasteiger partial charge in [-0.1, -0.05) is 13.0 Å². The van der Waals surface area contributed by atoms with Gasteiger partial charge in [-0.25, -0.2) is 4.39 Å². The van der Waals surface area contributed by atoms with E-state index in [1.807, 2.05) is 13.0 Å². The number of nitrogens with one attached hydrogen (secondary N) is 2. The lowest BCUT2D eigenvalue weighted by Crippen LogP contribution is -2.35. The standard InChI is InChI=1S/C15H22FN3O/c1-3-17-9-13-14(16)5-4-6-15(13)19-8-7-12(10-19)18-11(2)20/h4-6,12,17H,3,7-10H2,1-2H3,(H,18,20). The zero-order valence-corrected chi connectivity index (χ0v) is 12.1. The van der Waals surface area contributed by atoms with E-state index in [1.165, 1.54) is 13.0 Å². The van der Waals surface area contributed by atoms with Crippen molar-refractivity contribution < 1.29 is 9.18 Å². The van der Waals surface area contributed by atoms with Crippen LogP contribution in [0.1, 0.15) is 25.8 Å². The summed E-state index contributed by atoms with van der Waals surface area (Å²) in [6.07, 6.45) is 0.900. The number of amides is 1. The first-order valence-corrected chi connectivity index (χ1v) is 7.12. The molecule has 1 aromatic carbocycles. The molecule has 4 nitrogen and oxygen atoms in total. The van der Waals surface area contributed by atoms with E-state index >= 15 is 0 Å². The monoisotopic (exact) mass is 279 g/mol. The number of halogens is 1. The van der Waals surface area contributed by atoms with Crippen molar-refractivity contribution in [3.63, 3.8) is 0 Å². The van der Waals surface area contributed by atoms with Crippen molar-refractivity contribution in [2.45, 2.75) is 32.9 Å². The van der Waals surface area contributed by atoms with Gasteiger partial charge >= 0.3 is 0 Å². The summed E-state index contributed by atoms with van der Waals surface area (Å²) in [7, 11) is 0. The third-order valence-corrected chi connectivity index (χ3v) is 3.58. The molecule has 1 saturated heterocycles. The van der Waals surface area contributed by atoms with Gasteiger partial charge in [-0.15, -0.1) is 0 Å². The Hall–Kier alpha value is -1.62. The summed E-state index contributed by atoms with van der Waals surface area (Å²) in [5.74, 6) is -0.185. The van der Waals surface area contributed by atoms with Crippen molar-refractivity contribution in [2.75, 3.05) is 24.5 Å². The predicted molar refractivity (Wildman–Crippen MR) is 78.2 cm³/mol. The van der Waals surface area contributed by atoms with Gasteiger partial charge in [-0.05, 0) is 25.1 Å². The first kappa shape index (κ1) is 14.8. The summed E-state index contributed by atoms with van der Waals surface area (Å²) in [5.41, 5.74) is 1.64. The van der Waals surface area contributed by atoms with Gasteiger partial charge in [0.15, 0.2) is 0 Å². The highest BCUT2D eigenvalue weighted by Crippen LogP contribution is 2.26. The molecule has 2 N–H and O–H groups in total. The molecule has 1 heterocycles. The lowest BCUT2D eigenvalue weighted by molar-refractivity contribution is -0.119. The zero-order valence-electron chi connectivity index (χ0n) is 12.1. The largest absolute Gasteiger partial charge is 0.369 e. The minimum Gasteiger partial charge on any atom is -0.369 e. The molecule has 1 aliphatic heterocycles. The lowest BCUT2D eigenvalue weighted by Gasteiger charge is -2.22. The maximum atomic E-state index is 14.0. The van der Waals surface area contributed by atoms with Crippen LogP contribution in [0.5, 0.6) is 0 Å². The molecule has 1 aliphatic rings. The maximum absolute atomic E-state index is 14.0. The van der Waals surface area contributed by atoms with Crippen LogP contribution >= 0.6 is 0 Å². The summed E-state index contributed by atoms with van der Waals surface area (Å²) in [6.45, 7) is 6.45. The second kappa shape index (κ2) is 6.70. The number of carbonyl (C=O) groups excluding carboxylic acids is 1. The van der Waals surface area contributed by atoms with Crippen molar-refractivity contribution in [1.82, 2.24) is 10.6 Å². The summed E-state index contributed by atoms with van der Waals surface area (Å²) >= 11 is 0. The Kier molecular flexibility index (Phi) is 4.95. The minimum atomic E-state index is -0.175. The molecular weight excluding hydrogens is 257 g/mol. The third kappa shape index (κ3) is 3.48. The fraction of sp³-hybridized carbons (Fsp3) is 0.533. The Morgan fingerprint density at radius 2 is 2.30 bits per heavy atom. The van der Waals surface area contributed by atoms with Crippen LogP contribution in [0.15, 0.2) is 18.2 Å². The number of anilines is 1. The van der Waals surface area contributed by atoms with Crippen molar-refractivity contribution in [1.29, 1.82) is 0 Å². The molecule has 2 rings (SSSR count). The van der Waals surface area contributed by atoms with Gasteiger partial charge in [0.1, 0.15) is 5.82 Å². The van der Waals surface area contributed by atoms with Crippen LogP contribution in [-0.4, -0.2) is 31.6 Å². The van der Waals surface area contributed by atoms with Crippen LogP contribution in [0, 0.1) is 5.82 Å². The highest BCUT2D eigenvalue weighted by Gasteiger charge is 2.25. The van der Waals surface area contributed by atoms with E-state index in [-0.39, 0.29) is 17.8 Å². The van der Waals surface area contributed by atoms with Crippen LogP contribution in [0.3, 0.4) is 0 Å². The molecule has 1 aromatic rings. The number of hydrogen-bond acceptors (Lipinski definition) is 3. The molecule has 5 heteroatoms. The third-order valence-electron chi connectivity index (χ3n) is 3.58. The van der Waals surface area contributed by atoms with Crippen LogP contribution in [0.4, 0.5) is 10.1 Å². The van der Waals surface area contributed by atoms with E-state index in [9.17, 15) is 9.18 Å². The van der Waals surface area contributed by atoms with Crippen molar-refractivity contribution >= 4 is 11.6 Å². The van der Waals surface area contributed by atoms with Crippen LogP contribution in [0.2, 0.25) is 0 Å². The fourth-order valence-corrected chi connectivity index (χ4v) is 2.65. The van der Waals surface area contributed by atoms with E-state index in [2.05, 4.69) is 15.5 Å². The second-order valence-electron chi connectivity index (χ2n) is 5.15. The molecule has 1 fully saturated rings. The van der Waals surface area contributed by atoms with Gasteiger partial charge < -0.3 is 15.5 Å². The van der Waals surface area contributed by atoms with Crippen LogP contribution in [0.25, 0.3) is 0 Å². The molecule has 1 amide bonds. The number of benzene rings is 1. The van der Waals surface area contributed by atoms with Gasteiger partial charge in [-0.3, -0.25) is 4.79 Å². The molecule has 0 bridgehead atoms. The van der Waals surface area contributed by atoms with E-state index in [4.69, 9.17) is 0 Å². The average molecular weight is 279 g/mol. The molecule has 0 radical (unpaired) electrons. The number of rotatable bonds is 5. The Morgan fingerprint density at radius 3 is 3.00 bits per heavy atom. The lowest BCUT2D eigenvalue weighted by atomic mass is 10.1. The summed E-state index contributed by atoms with van der Waals surface area (Å²) in [4.78, 5) is 13.3. The van der Waals surface area contributed by atoms with Gasteiger partial charge in [0.05, 0.1) is 0 Å². The van der Waals surface area contributed by atoms with Gasteiger partial charge in [0.25, 0.3) is 0 Å². The first-order chi connectivity index (χ1) is 9.61. The number of carbonyl (C=O) groups is 1. The first-order valence-electron chi connectivity index (χ1n) is 7.12. The van der Waals surface area contributed by atoms with Crippen molar-refractivity contribution in [2.24, 2.45) is 0 Å². The number of nitrogens with zero attached hydrogens (tertiary/aromatic N) is 1. The Morgan fingerprint density at radius 1 is 1.50 bits per heavy atom. The molecule has 1 atom stereocenters. The van der Waals surface area contributed by atoms with Gasteiger partial charge in [-0.2, -0.15) is 0 Å². The van der Waals surface area contributed by atoms with Crippen molar-refractivity contribution in [3.05, 3.63) is 29.6 Å². The Balaban J connectivity index is 2.12. The normalized spacial score (nSPS) is 18.4. The molecule has 0 aromatic heterocycles. The van der Waals surface area contributed by atoms with E-state index < -0.39 is 0 Å². The maximum Gasteiger partial charge on any atom is 0.217 e.